The molecule has 0 fully saturated rings. The average Bonchev–Trinajstić information content (AvgIpc) is 2.06. The van der Waals surface area contributed by atoms with Gasteiger partial charge in [-0.3, -0.25) is 4.72 Å². The highest BCUT2D eigenvalue weighted by Crippen LogP contribution is 2.05. The van der Waals surface area contributed by atoms with Crippen LogP contribution in [0.2, 0.25) is 0 Å². The standard InChI is InChI=1S/C7H6NO2S2/c9-12(10,8-6-11)7-4-2-1-3-5-7/h1-5H,(H,8,11). The van der Waals surface area contributed by atoms with Crippen molar-refractivity contribution in [1.82, 2.24) is 4.72 Å². The molecule has 0 aliphatic heterocycles. The van der Waals surface area contributed by atoms with Gasteiger partial charge in [-0.2, -0.15) is 0 Å². The van der Waals surface area contributed by atoms with Crippen LogP contribution in [0, 0.1) is 0 Å². The predicted octanol–water partition coefficient (Wildman–Crippen LogP) is 0.799. The summed E-state index contributed by atoms with van der Waals surface area (Å²) < 4.78 is 24.4. The van der Waals surface area contributed by atoms with Crippen LogP contribution in [0.5, 0.6) is 0 Å². The Morgan fingerprint density at radius 3 is 2.33 bits per heavy atom. The van der Waals surface area contributed by atoms with Crippen molar-refractivity contribution in [2.24, 2.45) is 0 Å². The van der Waals surface area contributed by atoms with Crippen molar-refractivity contribution in [2.45, 2.75) is 4.90 Å². The minimum Gasteiger partial charge on any atom is -0.267 e. The number of sulfonamides is 1. The summed E-state index contributed by atoms with van der Waals surface area (Å²) >= 11 is 4.26. The lowest BCUT2D eigenvalue weighted by molar-refractivity contribution is 0.593. The second-order valence-corrected chi connectivity index (χ2v) is 3.91. The molecule has 3 nitrogen and oxygen atoms in total. The first-order chi connectivity index (χ1) is 5.67. The van der Waals surface area contributed by atoms with Crippen LogP contribution in [0.3, 0.4) is 0 Å². The lowest BCUT2D eigenvalue weighted by Crippen LogP contribution is -2.20. The van der Waals surface area contributed by atoms with E-state index in [-0.39, 0.29) is 4.90 Å². The summed E-state index contributed by atoms with van der Waals surface area (Å²) in [6.07, 6.45) is 0. The molecule has 1 N–H and O–H groups in total. The summed E-state index contributed by atoms with van der Waals surface area (Å²) in [5.41, 5.74) is 1.95. The fraction of sp³-hybridized carbons (Fsp3) is 0. The van der Waals surface area contributed by atoms with Gasteiger partial charge in [-0.25, -0.2) is 8.42 Å². The van der Waals surface area contributed by atoms with Crippen LogP contribution in [0.1, 0.15) is 0 Å². The van der Waals surface area contributed by atoms with Gasteiger partial charge >= 0.3 is 0 Å². The molecule has 0 aliphatic carbocycles. The second-order valence-electron chi connectivity index (χ2n) is 2.02. The average molecular weight is 200 g/mol. The smallest absolute Gasteiger partial charge is 0.262 e. The third-order valence-electron chi connectivity index (χ3n) is 1.23. The molecule has 0 saturated carbocycles. The molecule has 0 aliphatic rings. The molecule has 12 heavy (non-hydrogen) atoms. The molecule has 5 heteroatoms. The van der Waals surface area contributed by atoms with Gasteiger partial charge in [0, 0.05) is 0 Å². The number of hydrogen-bond donors (Lipinski definition) is 1. The van der Waals surface area contributed by atoms with Crippen molar-refractivity contribution in [1.29, 1.82) is 0 Å². The number of benzene rings is 1. The molecule has 0 unspecified atom stereocenters. The van der Waals surface area contributed by atoms with E-state index in [1.54, 1.807) is 18.2 Å². The van der Waals surface area contributed by atoms with Gasteiger partial charge in [0.2, 0.25) is 0 Å². The lowest BCUT2D eigenvalue weighted by atomic mass is 10.4. The Morgan fingerprint density at radius 1 is 1.25 bits per heavy atom. The Bertz CT molecular complexity index is 358. The van der Waals surface area contributed by atoms with E-state index in [0.717, 1.165) is 0 Å². The fourth-order valence-electron chi connectivity index (χ4n) is 0.713. The Labute approximate surface area is 76.5 Å². The first-order valence-corrected chi connectivity index (χ1v) is 5.00. The summed E-state index contributed by atoms with van der Waals surface area (Å²) in [4.78, 5) is 0.183. The first kappa shape index (κ1) is 9.15. The highest BCUT2D eigenvalue weighted by molar-refractivity contribution is 7.91. The van der Waals surface area contributed by atoms with E-state index in [2.05, 4.69) is 12.2 Å². The van der Waals surface area contributed by atoms with Gasteiger partial charge in [-0.1, -0.05) is 30.4 Å². The van der Waals surface area contributed by atoms with E-state index in [1.165, 1.54) is 12.1 Å². The van der Waals surface area contributed by atoms with Crippen molar-refractivity contribution >= 4 is 27.7 Å². The molecule has 0 bridgehead atoms. The van der Waals surface area contributed by atoms with Crippen LogP contribution in [-0.4, -0.2) is 13.9 Å². The third kappa shape index (κ3) is 2.02. The highest BCUT2D eigenvalue weighted by atomic mass is 32.2. The Balaban J connectivity index is 3.07. The number of rotatable bonds is 3. The summed E-state index contributed by atoms with van der Waals surface area (Å²) in [6, 6.07) is 7.97. The fourth-order valence-corrected chi connectivity index (χ4v) is 1.79. The molecule has 0 heterocycles. The van der Waals surface area contributed by atoms with Crippen molar-refractivity contribution < 1.29 is 8.42 Å². The maximum atomic E-state index is 11.2. The topological polar surface area (TPSA) is 46.2 Å². The van der Waals surface area contributed by atoms with Crippen LogP contribution in [0.4, 0.5) is 0 Å². The summed E-state index contributed by atoms with van der Waals surface area (Å²) in [5, 5.41) is 0. The lowest BCUT2D eigenvalue weighted by Gasteiger charge is -2.00. The van der Waals surface area contributed by atoms with Crippen LogP contribution in [0.15, 0.2) is 35.2 Å². The van der Waals surface area contributed by atoms with Gasteiger partial charge in [0.25, 0.3) is 10.0 Å². The summed E-state index contributed by atoms with van der Waals surface area (Å²) in [6.45, 7) is 0. The molecule has 0 aromatic heterocycles. The maximum absolute atomic E-state index is 11.2. The Morgan fingerprint density at radius 2 is 1.83 bits per heavy atom. The van der Waals surface area contributed by atoms with Crippen molar-refractivity contribution in [3.8, 4) is 0 Å². The molecule has 0 amide bonds. The molecule has 1 rings (SSSR count). The normalized spacial score (nSPS) is 10.7. The molecular formula is C7H6NO2S2. The zero-order valence-corrected chi connectivity index (χ0v) is 7.65. The molecule has 63 valence electrons. The zero-order valence-electron chi connectivity index (χ0n) is 6.02. The van der Waals surface area contributed by atoms with E-state index < -0.39 is 10.0 Å². The van der Waals surface area contributed by atoms with Crippen LogP contribution >= 0.6 is 12.2 Å². The van der Waals surface area contributed by atoms with Crippen molar-refractivity contribution in [3.05, 3.63) is 30.3 Å². The van der Waals surface area contributed by atoms with Crippen LogP contribution in [0.25, 0.3) is 0 Å². The zero-order chi connectivity index (χ0) is 9.03. The molecule has 0 saturated heterocycles. The van der Waals surface area contributed by atoms with E-state index >= 15 is 0 Å². The van der Waals surface area contributed by atoms with Gasteiger partial charge in [-0.15, -0.1) is 0 Å². The predicted molar refractivity (Wildman–Crippen MR) is 49.4 cm³/mol. The van der Waals surface area contributed by atoms with Gasteiger partial charge in [-0.05, 0) is 12.1 Å². The van der Waals surface area contributed by atoms with Crippen LogP contribution in [-0.2, 0) is 10.0 Å². The Hall–Kier alpha value is -0.940. The highest BCUT2D eigenvalue weighted by Gasteiger charge is 2.09. The molecule has 0 spiro atoms. The van der Waals surface area contributed by atoms with Gasteiger partial charge < -0.3 is 0 Å². The number of hydrogen-bond acceptors (Lipinski definition) is 3. The van der Waals surface area contributed by atoms with E-state index in [1.807, 2.05) is 10.2 Å². The second kappa shape index (κ2) is 3.64. The van der Waals surface area contributed by atoms with E-state index in [4.69, 9.17) is 0 Å². The first-order valence-electron chi connectivity index (χ1n) is 3.11. The van der Waals surface area contributed by atoms with Crippen molar-refractivity contribution in [2.75, 3.05) is 0 Å². The Kier molecular flexibility index (Phi) is 2.78. The third-order valence-corrected chi connectivity index (χ3v) is 2.72. The van der Waals surface area contributed by atoms with E-state index in [9.17, 15) is 8.42 Å². The van der Waals surface area contributed by atoms with Gasteiger partial charge in [0.15, 0.2) is 0 Å². The monoisotopic (exact) mass is 200 g/mol. The van der Waals surface area contributed by atoms with Gasteiger partial charge in [0.05, 0.1) is 4.90 Å². The largest absolute Gasteiger partial charge is 0.267 e. The number of nitrogens with one attached hydrogen (secondary N) is 1. The SMILES string of the molecule is O=S(=O)(N[C]=S)c1ccccc1. The number of thiocarbonyl (C=S) groups is 1. The molecular weight excluding hydrogens is 194 g/mol. The van der Waals surface area contributed by atoms with Crippen LogP contribution < -0.4 is 4.72 Å². The quantitative estimate of drug-likeness (QED) is 0.580. The summed E-state index contributed by atoms with van der Waals surface area (Å²) in [7, 11) is -3.48. The molecule has 1 aromatic carbocycles. The van der Waals surface area contributed by atoms with E-state index in [0.29, 0.717) is 0 Å². The maximum Gasteiger partial charge on any atom is 0.262 e. The minimum atomic E-state index is -3.48. The van der Waals surface area contributed by atoms with Crippen molar-refractivity contribution in [3.63, 3.8) is 0 Å². The molecule has 0 atom stereocenters. The molecule has 1 aromatic rings. The minimum absolute atomic E-state index is 0.183. The summed E-state index contributed by atoms with van der Waals surface area (Å²) in [5.74, 6) is 0. The van der Waals surface area contributed by atoms with Gasteiger partial charge in [0.1, 0.15) is 5.49 Å². The molecule has 1 radical (unpaired) electrons.